The Morgan fingerprint density at radius 1 is 1.22 bits per heavy atom. The van der Waals surface area contributed by atoms with Gasteiger partial charge < -0.3 is 10.1 Å². The lowest BCUT2D eigenvalue weighted by atomic mass is 9.49. The molecule has 1 atom stereocenters. The Morgan fingerprint density at radius 3 is 2.52 bits per heavy atom. The van der Waals surface area contributed by atoms with Crippen LogP contribution in [0.5, 0.6) is 0 Å². The Labute approximate surface area is 161 Å². The Bertz CT molecular complexity index is 699. The minimum absolute atomic E-state index is 0.0309. The SMILES string of the molecule is CC(C)[C@H]1COC(=O)N1c1ccnc(NCC23CC4CC(CC(C4)C2)C3)n1. The third-order valence-electron chi connectivity index (χ3n) is 7.35. The molecule has 4 saturated carbocycles. The first-order valence-corrected chi connectivity index (χ1v) is 10.5. The monoisotopic (exact) mass is 370 g/mol. The van der Waals surface area contributed by atoms with E-state index in [1.54, 1.807) is 17.2 Å². The number of hydrogen-bond acceptors (Lipinski definition) is 5. The van der Waals surface area contributed by atoms with Crippen molar-refractivity contribution in [3.8, 4) is 0 Å². The summed E-state index contributed by atoms with van der Waals surface area (Å²) in [6, 6.07) is 1.83. The highest BCUT2D eigenvalue weighted by Crippen LogP contribution is 2.59. The summed E-state index contributed by atoms with van der Waals surface area (Å²) >= 11 is 0. The molecule has 2 heterocycles. The molecule has 0 radical (unpaired) electrons. The first kappa shape index (κ1) is 17.3. The Balaban J connectivity index is 1.31. The molecule has 6 rings (SSSR count). The number of nitrogens with zero attached hydrogens (tertiary/aromatic N) is 3. The average Bonchev–Trinajstić information content (AvgIpc) is 3.01. The summed E-state index contributed by atoms with van der Waals surface area (Å²) in [5.74, 6) is 4.41. The summed E-state index contributed by atoms with van der Waals surface area (Å²) in [6.07, 6.45) is 9.89. The zero-order valence-corrected chi connectivity index (χ0v) is 16.4. The van der Waals surface area contributed by atoms with Gasteiger partial charge in [-0.1, -0.05) is 13.8 Å². The van der Waals surface area contributed by atoms with Crippen molar-refractivity contribution < 1.29 is 9.53 Å². The van der Waals surface area contributed by atoms with Crippen LogP contribution in [0.1, 0.15) is 52.4 Å². The van der Waals surface area contributed by atoms with Crippen LogP contribution in [0.2, 0.25) is 0 Å². The van der Waals surface area contributed by atoms with E-state index in [4.69, 9.17) is 4.74 Å². The van der Waals surface area contributed by atoms with Gasteiger partial charge in [0.05, 0.1) is 6.04 Å². The molecule has 1 N–H and O–H groups in total. The molecule has 1 amide bonds. The van der Waals surface area contributed by atoms with Crippen LogP contribution in [-0.2, 0) is 4.74 Å². The molecular formula is C21H30N4O2. The van der Waals surface area contributed by atoms with Crippen LogP contribution in [0.3, 0.4) is 0 Å². The summed E-state index contributed by atoms with van der Waals surface area (Å²) < 4.78 is 5.26. The lowest BCUT2D eigenvalue weighted by Gasteiger charge is -2.56. The van der Waals surface area contributed by atoms with Crippen molar-refractivity contribution in [3.05, 3.63) is 12.3 Å². The number of anilines is 2. The maximum absolute atomic E-state index is 12.2. The molecule has 1 aliphatic heterocycles. The van der Waals surface area contributed by atoms with E-state index in [-0.39, 0.29) is 12.1 Å². The molecule has 146 valence electrons. The molecular weight excluding hydrogens is 340 g/mol. The van der Waals surface area contributed by atoms with Crippen molar-refractivity contribution >= 4 is 17.9 Å². The van der Waals surface area contributed by atoms with Gasteiger partial charge in [-0.25, -0.2) is 9.78 Å². The number of carbonyl (C=O) groups excluding carboxylic acids is 1. The lowest BCUT2D eigenvalue weighted by Crippen LogP contribution is -2.49. The van der Waals surface area contributed by atoms with Gasteiger partial charge in [-0.15, -0.1) is 0 Å². The quantitative estimate of drug-likeness (QED) is 0.846. The van der Waals surface area contributed by atoms with Crippen LogP contribution in [0.25, 0.3) is 0 Å². The Morgan fingerprint density at radius 2 is 1.89 bits per heavy atom. The van der Waals surface area contributed by atoms with Gasteiger partial charge in [0, 0.05) is 12.7 Å². The van der Waals surface area contributed by atoms with Crippen LogP contribution in [-0.4, -0.2) is 35.3 Å². The summed E-state index contributed by atoms with van der Waals surface area (Å²) in [4.78, 5) is 23.0. The number of cyclic esters (lactones) is 1. The minimum Gasteiger partial charge on any atom is -0.447 e. The summed E-state index contributed by atoms with van der Waals surface area (Å²) in [7, 11) is 0. The van der Waals surface area contributed by atoms with Crippen LogP contribution in [0.15, 0.2) is 12.3 Å². The molecule has 4 aliphatic carbocycles. The zero-order chi connectivity index (χ0) is 18.6. The highest BCUT2D eigenvalue weighted by atomic mass is 16.6. The molecule has 0 aromatic carbocycles. The van der Waals surface area contributed by atoms with E-state index in [2.05, 4.69) is 29.1 Å². The highest BCUT2D eigenvalue weighted by Gasteiger charge is 2.50. The van der Waals surface area contributed by atoms with Gasteiger partial charge in [0.15, 0.2) is 0 Å². The fourth-order valence-corrected chi connectivity index (χ4v) is 6.53. The number of hydrogen-bond donors (Lipinski definition) is 1. The molecule has 0 unspecified atom stereocenters. The topological polar surface area (TPSA) is 67.3 Å². The largest absolute Gasteiger partial charge is 0.447 e. The predicted molar refractivity (Wildman–Crippen MR) is 104 cm³/mol. The van der Waals surface area contributed by atoms with Gasteiger partial charge >= 0.3 is 6.09 Å². The minimum atomic E-state index is -0.306. The second kappa shape index (κ2) is 6.35. The van der Waals surface area contributed by atoms with Gasteiger partial charge in [0.1, 0.15) is 12.4 Å². The van der Waals surface area contributed by atoms with Gasteiger partial charge in [-0.05, 0) is 73.7 Å². The molecule has 0 spiro atoms. The van der Waals surface area contributed by atoms with Crippen molar-refractivity contribution in [1.82, 2.24) is 9.97 Å². The Hall–Kier alpha value is -1.85. The third kappa shape index (κ3) is 3.07. The smallest absolute Gasteiger partial charge is 0.415 e. The average molecular weight is 370 g/mol. The van der Waals surface area contributed by atoms with Crippen LogP contribution in [0.4, 0.5) is 16.6 Å². The maximum atomic E-state index is 12.2. The predicted octanol–water partition coefficient (Wildman–Crippen LogP) is 4.09. The van der Waals surface area contributed by atoms with Crippen molar-refractivity contribution in [2.24, 2.45) is 29.1 Å². The fraction of sp³-hybridized carbons (Fsp3) is 0.762. The molecule has 1 aromatic rings. The molecule has 6 heteroatoms. The molecule has 5 aliphatic rings. The zero-order valence-electron chi connectivity index (χ0n) is 16.4. The van der Waals surface area contributed by atoms with Crippen LogP contribution in [0, 0.1) is 29.1 Å². The number of rotatable bonds is 5. The van der Waals surface area contributed by atoms with Crippen LogP contribution < -0.4 is 10.2 Å². The molecule has 6 nitrogen and oxygen atoms in total. The van der Waals surface area contributed by atoms with Gasteiger partial charge in [0.2, 0.25) is 5.95 Å². The second-order valence-corrected chi connectivity index (χ2v) is 9.77. The first-order valence-electron chi connectivity index (χ1n) is 10.5. The van der Waals surface area contributed by atoms with E-state index in [0.29, 0.717) is 29.7 Å². The van der Waals surface area contributed by atoms with Crippen molar-refractivity contribution in [1.29, 1.82) is 0 Å². The normalized spacial score (nSPS) is 37.1. The van der Waals surface area contributed by atoms with Crippen molar-refractivity contribution in [2.45, 2.75) is 58.4 Å². The van der Waals surface area contributed by atoms with Gasteiger partial charge in [0.25, 0.3) is 0 Å². The lowest BCUT2D eigenvalue weighted by molar-refractivity contribution is -0.0445. The second-order valence-electron chi connectivity index (χ2n) is 9.77. The standard InChI is InChI=1S/C21H30N4O2/c1-13(2)17-11-27-20(26)25(17)18-3-4-22-19(24-18)23-12-21-8-14-5-15(9-21)7-16(6-14)10-21/h3-4,13-17H,5-12H2,1-2H3,(H,22,23,24)/t14?,15?,16?,17-,21?/m1/s1. The highest BCUT2D eigenvalue weighted by molar-refractivity contribution is 5.89. The third-order valence-corrected chi connectivity index (χ3v) is 7.35. The Kier molecular flexibility index (Phi) is 4.06. The van der Waals surface area contributed by atoms with Gasteiger partial charge in [-0.2, -0.15) is 4.98 Å². The first-order chi connectivity index (χ1) is 13.0. The maximum Gasteiger partial charge on any atom is 0.415 e. The molecule has 1 saturated heterocycles. The van der Waals surface area contributed by atoms with E-state index < -0.39 is 0 Å². The number of aromatic nitrogens is 2. The summed E-state index contributed by atoms with van der Waals surface area (Å²) in [5.41, 5.74) is 0.432. The molecule has 5 fully saturated rings. The van der Waals surface area contributed by atoms with Crippen molar-refractivity contribution in [3.63, 3.8) is 0 Å². The summed E-state index contributed by atoms with van der Waals surface area (Å²) in [5, 5.41) is 3.52. The molecule has 1 aromatic heterocycles. The van der Waals surface area contributed by atoms with Gasteiger partial charge in [-0.3, -0.25) is 4.90 Å². The van der Waals surface area contributed by atoms with Crippen LogP contribution >= 0.6 is 0 Å². The molecule has 27 heavy (non-hydrogen) atoms. The van der Waals surface area contributed by atoms with E-state index in [1.165, 1.54) is 38.5 Å². The summed E-state index contributed by atoms with van der Waals surface area (Å²) in [6.45, 7) is 5.59. The van der Waals surface area contributed by atoms with E-state index in [0.717, 1.165) is 24.3 Å². The number of amides is 1. The van der Waals surface area contributed by atoms with E-state index in [1.807, 2.05) is 0 Å². The van der Waals surface area contributed by atoms with E-state index >= 15 is 0 Å². The van der Waals surface area contributed by atoms with Crippen molar-refractivity contribution in [2.75, 3.05) is 23.4 Å². The number of ether oxygens (including phenoxy) is 1. The number of carbonyl (C=O) groups is 1. The molecule has 4 bridgehead atoms. The van der Waals surface area contributed by atoms with E-state index in [9.17, 15) is 4.79 Å². The fourth-order valence-electron chi connectivity index (χ4n) is 6.53. The number of nitrogens with one attached hydrogen (secondary N) is 1.